The standard InChI is InChI=1S/C14H10ClN2/c1-9-12-7-11(15)4-5-13(12)17-14(9)10-3-2-6-16-8-10/h2-8H,1H3. The third kappa shape index (κ3) is 1.71. The normalized spacial score (nSPS) is 13.5. The monoisotopic (exact) mass is 241 g/mol. The molecule has 2 heterocycles. The van der Waals surface area contributed by atoms with Gasteiger partial charge in [-0.1, -0.05) is 11.6 Å². The van der Waals surface area contributed by atoms with Crippen molar-refractivity contribution in [3.05, 3.63) is 58.9 Å². The maximum absolute atomic E-state index is 6.01. The first-order valence-corrected chi connectivity index (χ1v) is 5.76. The number of allylic oxidation sites excluding steroid dienone is 1. The summed E-state index contributed by atoms with van der Waals surface area (Å²) in [5.74, 6) is 0. The fourth-order valence-electron chi connectivity index (χ4n) is 2.02. The molecule has 1 radical (unpaired) electrons. The first kappa shape index (κ1) is 10.4. The zero-order chi connectivity index (χ0) is 11.8. The summed E-state index contributed by atoms with van der Waals surface area (Å²) in [5.41, 5.74) is 5.25. The van der Waals surface area contributed by atoms with Gasteiger partial charge in [-0.3, -0.25) is 4.98 Å². The maximum Gasteiger partial charge on any atom is 0.0760 e. The van der Waals surface area contributed by atoms with Crippen LogP contribution in [0, 0.1) is 0 Å². The lowest BCUT2D eigenvalue weighted by molar-refractivity contribution is 1.21. The van der Waals surface area contributed by atoms with Crippen LogP contribution in [0.25, 0.3) is 11.3 Å². The number of pyridine rings is 1. The van der Waals surface area contributed by atoms with Gasteiger partial charge in [0, 0.05) is 28.5 Å². The molecule has 0 bridgehead atoms. The van der Waals surface area contributed by atoms with Crippen LogP contribution in [0.2, 0.25) is 5.02 Å². The molecule has 3 heteroatoms. The van der Waals surface area contributed by atoms with Gasteiger partial charge >= 0.3 is 0 Å². The van der Waals surface area contributed by atoms with Crippen LogP contribution in [0.3, 0.4) is 0 Å². The number of rotatable bonds is 1. The molecule has 0 spiro atoms. The molecule has 0 N–H and O–H groups in total. The van der Waals surface area contributed by atoms with E-state index < -0.39 is 0 Å². The summed E-state index contributed by atoms with van der Waals surface area (Å²) in [5, 5.41) is 5.37. The Morgan fingerprint density at radius 3 is 2.82 bits per heavy atom. The molecule has 0 aliphatic carbocycles. The second kappa shape index (κ2) is 3.90. The quantitative estimate of drug-likeness (QED) is 0.745. The van der Waals surface area contributed by atoms with Crippen LogP contribution < -0.4 is 5.32 Å². The second-order valence-electron chi connectivity index (χ2n) is 3.99. The molecule has 0 unspecified atom stereocenters. The fraction of sp³-hybridized carbons (Fsp3) is 0.0714. The van der Waals surface area contributed by atoms with Gasteiger partial charge in [-0.05, 0) is 42.8 Å². The highest BCUT2D eigenvalue weighted by atomic mass is 35.5. The molecule has 0 fully saturated rings. The van der Waals surface area contributed by atoms with E-state index in [1.807, 2.05) is 36.5 Å². The third-order valence-electron chi connectivity index (χ3n) is 2.89. The number of fused-ring (bicyclic) bond motifs is 1. The van der Waals surface area contributed by atoms with Crippen LogP contribution in [0.5, 0.6) is 0 Å². The van der Waals surface area contributed by atoms with Gasteiger partial charge in [-0.25, -0.2) is 5.32 Å². The zero-order valence-corrected chi connectivity index (χ0v) is 10.1. The molecular weight excluding hydrogens is 232 g/mol. The summed E-state index contributed by atoms with van der Waals surface area (Å²) >= 11 is 6.01. The van der Waals surface area contributed by atoms with Gasteiger partial charge in [0.2, 0.25) is 0 Å². The number of aromatic nitrogens is 1. The first-order chi connectivity index (χ1) is 8.25. The van der Waals surface area contributed by atoms with E-state index in [-0.39, 0.29) is 0 Å². The number of benzene rings is 1. The van der Waals surface area contributed by atoms with E-state index in [0.717, 1.165) is 33.1 Å². The molecule has 3 rings (SSSR count). The van der Waals surface area contributed by atoms with Crippen LogP contribution in [0.15, 0.2) is 42.7 Å². The summed E-state index contributed by atoms with van der Waals surface area (Å²) in [6.07, 6.45) is 3.59. The number of halogens is 1. The highest BCUT2D eigenvalue weighted by Crippen LogP contribution is 2.39. The van der Waals surface area contributed by atoms with Gasteiger partial charge in [0.1, 0.15) is 0 Å². The second-order valence-corrected chi connectivity index (χ2v) is 4.43. The van der Waals surface area contributed by atoms with Gasteiger partial charge in [0.05, 0.1) is 11.4 Å². The number of hydrogen-bond acceptors (Lipinski definition) is 1. The molecule has 2 nitrogen and oxygen atoms in total. The largest absolute Gasteiger partial charge is 0.264 e. The molecule has 0 saturated carbocycles. The van der Waals surface area contributed by atoms with E-state index in [1.54, 1.807) is 6.20 Å². The van der Waals surface area contributed by atoms with Crippen molar-refractivity contribution in [2.75, 3.05) is 0 Å². The predicted octanol–water partition coefficient (Wildman–Crippen LogP) is 3.87. The van der Waals surface area contributed by atoms with Gasteiger partial charge in [0.15, 0.2) is 0 Å². The van der Waals surface area contributed by atoms with Crippen molar-refractivity contribution in [1.82, 2.24) is 10.3 Å². The average Bonchev–Trinajstić information content (AvgIpc) is 2.68. The average molecular weight is 242 g/mol. The molecule has 1 aliphatic rings. The van der Waals surface area contributed by atoms with Crippen molar-refractivity contribution in [3.8, 4) is 0 Å². The smallest absolute Gasteiger partial charge is 0.0760 e. The van der Waals surface area contributed by atoms with Gasteiger partial charge < -0.3 is 0 Å². The van der Waals surface area contributed by atoms with E-state index in [4.69, 9.17) is 11.6 Å². The van der Waals surface area contributed by atoms with E-state index >= 15 is 0 Å². The van der Waals surface area contributed by atoms with Gasteiger partial charge in [-0.15, -0.1) is 0 Å². The molecule has 1 aromatic carbocycles. The topological polar surface area (TPSA) is 27.0 Å². The van der Waals surface area contributed by atoms with Crippen molar-refractivity contribution in [2.45, 2.75) is 6.92 Å². The summed E-state index contributed by atoms with van der Waals surface area (Å²) < 4.78 is 0. The van der Waals surface area contributed by atoms with Gasteiger partial charge in [0.25, 0.3) is 0 Å². The molecule has 0 atom stereocenters. The lowest BCUT2D eigenvalue weighted by Crippen LogP contribution is -1.93. The molecule has 17 heavy (non-hydrogen) atoms. The minimum atomic E-state index is 0.741. The summed E-state index contributed by atoms with van der Waals surface area (Å²) in [6, 6.07) is 9.71. The Labute approximate surface area is 105 Å². The highest BCUT2D eigenvalue weighted by Gasteiger charge is 2.21. The van der Waals surface area contributed by atoms with Crippen LogP contribution in [0.1, 0.15) is 18.1 Å². The Morgan fingerprint density at radius 2 is 2.06 bits per heavy atom. The minimum absolute atomic E-state index is 0.741. The van der Waals surface area contributed by atoms with Crippen molar-refractivity contribution >= 4 is 28.6 Å². The van der Waals surface area contributed by atoms with E-state index in [9.17, 15) is 0 Å². The van der Waals surface area contributed by atoms with Crippen LogP contribution in [-0.4, -0.2) is 4.98 Å². The molecular formula is C14H10ClN2. The summed E-state index contributed by atoms with van der Waals surface area (Å²) in [7, 11) is 0. The van der Waals surface area contributed by atoms with Crippen molar-refractivity contribution < 1.29 is 0 Å². The zero-order valence-electron chi connectivity index (χ0n) is 9.31. The van der Waals surface area contributed by atoms with Gasteiger partial charge in [-0.2, -0.15) is 0 Å². The Kier molecular flexibility index (Phi) is 2.37. The number of hydrogen-bond donors (Lipinski definition) is 0. The van der Waals surface area contributed by atoms with Crippen molar-refractivity contribution in [3.63, 3.8) is 0 Å². The molecule has 1 aromatic heterocycles. The van der Waals surface area contributed by atoms with E-state index in [1.165, 1.54) is 0 Å². The molecule has 0 saturated heterocycles. The maximum atomic E-state index is 6.01. The lowest BCUT2D eigenvalue weighted by Gasteiger charge is -2.01. The molecule has 0 amide bonds. The third-order valence-corrected chi connectivity index (χ3v) is 3.12. The molecule has 83 valence electrons. The summed E-state index contributed by atoms with van der Waals surface area (Å²) in [6.45, 7) is 2.06. The molecule has 2 aromatic rings. The highest BCUT2D eigenvalue weighted by molar-refractivity contribution is 6.31. The lowest BCUT2D eigenvalue weighted by atomic mass is 10.1. The van der Waals surface area contributed by atoms with Crippen molar-refractivity contribution in [2.24, 2.45) is 0 Å². The Balaban J connectivity index is 2.12. The Hall–Kier alpha value is -1.80. The summed E-state index contributed by atoms with van der Waals surface area (Å²) in [4.78, 5) is 4.12. The Morgan fingerprint density at radius 1 is 1.18 bits per heavy atom. The Bertz CT molecular complexity index is 603. The van der Waals surface area contributed by atoms with Crippen molar-refractivity contribution in [1.29, 1.82) is 0 Å². The van der Waals surface area contributed by atoms with Crippen LogP contribution >= 0.6 is 11.6 Å². The van der Waals surface area contributed by atoms with E-state index in [2.05, 4.69) is 17.2 Å². The number of nitrogens with zero attached hydrogens (tertiary/aromatic N) is 2. The minimum Gasteiger partial charge on any atom is -0.264 e. The van der Waals surface area contributed by atoms with Crippen LogP contribution in [0.4, 0.5) is 5.69 Å². The first-order valence-electron chi connectivity index (χ1n) is 5.38. The predicted molar refractivity (Wildman–Crippen MR) is 70.0 cm³/mol. The van der Waals surface area contributed by atoms with E-state index in [0.29, 0.717) is 0 Å². The molecule has 1 aliphatic heterocycles. The van der Waals surface area contributed by atoms with Crippen LogP contribution in [-0.2, 0) is 0 Å². The fourth-order valence-corrected chi connectivity index (χ4v) is 2.19. The SMILES string of the molecule is CC1=C(c2cccnc2)[N]c2ccc(Cl)cc21.